The van der Waals surface area contributed by atoms with Crippen molar-refractivity contribution in [2.75, 3.05) is 19.7 Å². The largest absolute Gasteiger partial charge is 0.377 e. The molecule has 2 atom stereocenters. The Morgan fingerprint density at radius 1 is 1.53 bits per heavy atom. The number of hydrogen-bond donors (Lipinski definition) is 1. The van der Waals surface area contributed by atoms with E-state index >= 15 is 0 Å². The number of hydrogen-bond acceptors (Lipinski definition) is 5. The Morgan fingerprint density at radius 2 is 2.47 bits per heavy atom. The Balaban J connectivity index is 1.71. The Hall–Kier alpha value is -0.980. The van der Waals surface area contributed by atoms with Crippen molar-refractivity contribution in [3.63, 3.8) is 0 Å². The predicted octanol–water partition coefficient (Wildman–Crippen LogP) is -0.400. The maximum absolute atomic E-state index is 5.91. The van der Waals surface area contributed by atoms with Gasteiger partial charge in [-0.2, -0.15) is 0 Å². The van der Waals surface area contributed by atoms with Crippen molar-refractivity contribution in [2.24, 2.45) is 5.73 Å². The van der Waals surface area contributed by atoms with Crippen LogP contribution in [-0.4, -0.2) is 51.5 Å². The molecule has 1 aromatic rings. The van der Waals surface area contributed by atoms with Crippen molar-refractivity contribution in [3.05, 3.63) is 12.2 Å². The van der Waals surface area contributed by atoms with Crippen molar-refractivity contribution in [2.45, 2.75) is 38.1 Å². The topological polar surface area (TPSA) is 69.2 Å². The Morgan fingerprint density at radius 3 is 3.24 bits per heavy atom. The molecule has 0 saturated carbocycles. The monoisotopic (exact) mass is 237 g/mol. The van der Waals surface area contributed by atoms with Crippen LogP contribution >= 0.6 is 0 Å². The summed E-state index contributed by atoms with van der Waals surface area (Å²) in [6.45, 7) is 4.32. The van der Waals surface area contributed by atoms with Crippen LogP contribution in [0.25, 0.3) is 0 Å². The van der Waals surface area contributed by atoms with Gasteiger partial charge in [-0.3, -0.25) is 4.90 Å². The van der Waals surface area contributed by atoms with Gasteiger partial charge < -0.3 is 15.0 Å². The van der Waals surface area contributed by atoms with Crippen LogP contribution < -0.4 is 5.73 Å². The third-order valence-electron chi connectivity index (χ3n) is 3.77. The maximum atomic E-state index is 5.91. The highest BCUT2D eigenvalue weighted by Gasteiger charge is 2.32. The molecule has 0 radical (unpaired) electrons. The van der Waals surface area contributed by atoms with E-state index in [0.717, 1.165) is 44.9 Å². The van der Waals surface area contributed by atoms with E-state index < -0.39 is 0 Å². The fourth-order valence-corrected chi connectivity index (χ4v) is 2.81. The highest BCUT2D eigenvalue weighted by Crippen LogP contribution is 2.22. The summed E-state index contributed by atoms with van der Waals surface area (Å²) < 4.78 is 7.87. The van der Waals surface area contributed by atoms with Gasteiger partial charge in [0.1, 0.15) is 12.2 Å². The van der Waals surface area contributed by atoms with Crippen LogP contribution in [0.15, 0.2) is 6.33 Å². The van der Waals surface area contributed by atoms with Crippen molar-refractivity contribution >= 4 is 0 Å². The van der Waals surface area contributed by atoms with Gasteiger partial charge in [0.2, 0.25) is 0 Å². The van der Waals surface area contributed by atoms with E-state index in [-0.39, 0.29) is 0 Å². The lowest BCUT2D eigenvalue weighted by molar-refractivity contribution is 0.0156. The Bertz CT molecular complexity index is 374. The highest BCUT2D eigenvalue weighted by atomic mass is 16.5. The zero-order valence-corrected chi connectivity index (χ0v) is 9.96. The summed E-state index contributed by atoms with van der Waals surface area (Å²) in [4.78, 5) is 2.39. The molecule has 2 N–H and O–H groups in total. The summed E-state index contributed by atoms with van der Waals surface area (Å²) in [5.41, 5.74) is 5.91. The average Bonchev–Trinajstić information content (AvgIpc) is 2.99. The van der Waals surface area contributed by atoms with Crippen molar-refractivity contribution in [1.82, 2.24) is 19.7 Å². The van der Waals surface area contributed by atoms with E-state index in [9.17, 15) is 0 Å². The molecule has 2 aliphatic rings. The molecule has 0 spiro atoms. The number of ether oxygens (including phenoxy) is 1. The summed E-state index contributed by atoms with van der Waals surface area (Å²) in [6.07, 6.45) is 4.39. The van der Waals surface area contributed by atoms with E-state index in [4.69, 9.17) is 10.5 Å². The van der Waals surface area contributed by atoms with Gasteiger partial charge in [-0.1, -0.05) is 0 Å². The summed E-state index contributed by atoms with van der Waals surface area (Å²) in [5, 5.41) is 8.08. The van der Waals surface area contributed by atoms with E-state index in [2.05, 4.69) is 19.7 Å². The minimum absolute atomic E-state index is 0.300. The van der Waals surface area contributed by atoms with Gasteiger partial charge in [0.25, 0.3) is 0 Å². The van der Waals surface area contributed by atoms with Gasteiger partial charge in [0.15, 0.2) is 0 Å². The fraction of sp³-hybridized carbons (Fsp3) is 0.818. The van der Waals surface area contributed by atoms with Gasteiger partial charge >= 0.3 is 0 Å². The molecule has 0 aromatic carbocycles. The average molecular weight is 237 g/mol. The molecule has 17 heavy (non-hydrogen) atoms. The lowest BCUT2D eigenvalue weighted by atomic mass is 10.1. The van der Waals surface area contributed by atoms with E-state index in [1.165, 1.54) is 0 Å². The van der Waals surface area contributed by atoms with Crippen LogP contribution in [0.2, 0.25) is 0 Å². The first-order valence-electron chi connectivity index (χ1n) is 6.31. The van der Waals surface area contributed by atoms with Crippen LogP contribution in [0.3, 0.4) is 0 Å². The summed E-state index contributed by atoms with van der Waals surface area (Å²) in [6, 6.07) is 0.322. The highest BCUT2D eigenvalue weighted by molar-refractivity contribution is 4.94. The third-order valence-corrected chi connectivity index (χ3v) is 3.77. The molecule has 0 amide bonds. The summed E-state index contributed by atoms with van der Waals surface area (Å²) in [5.74, 6) is 1.03. The molecule has 6 nitrogen and oxygen atoms in total. The molecule has 3 rings (SSSR count). The predicted molar refractivity (Wildman–Crippen MR) is 62.2 cm³/mol. The summed E-state index contributed by atoms with van der Waals surface area (Å²) >= 11 is 0. The number of rotatable bonds is 3. The van der Waals surface area contributed by atoms with Crippen LogP contribution in [0.4, 0.5) is 0 Å². The van der Waals surface area contributed by atoms with Gasteiger partial charge in [0.05, 0.1) is 12.6 Å². The first kappa shape index (κ1) is 11.1. The van der Waals surface area contributed by atoms with E-state index in [1.54, 1.807) is 6.33 Å². The SMILES string of the molecule is NCC(C1CCCO1)N1CCn2cnnc2C1. The van der Waals surface area contributed by atoms with Crippen LogP contribution in [0.5, 0.6) is 0 Å². The molecule has 3 heterocycles. The molecule has 2 unspecified atom stereocenters. The van der Waals surface area contributed by atoms with Gasteiger partial charge in [-0.15, -0.1) is 10.2 Å². The number of fused-ring (bicyclic) bond motifs is 1. The molecule has 1 saturated heterocycles. The molecule has 2 aliphatic heterocycles. The third kappa shape index (κ3) is 2.08. The number of aromatic nitrogens is 3. The van der Waals surface area contributed by atoms with Gasteiger partial charge in [0, 0.05) is 32.3 Å². The lowest BCUT2D eigenvalue weighted by Crippen LogP contribution is -2.50. The Kier molecular flexibility index (Phi) is 3.09. The van der Waals surface area contributed by atoms with Gasteiger partial charge in [-0.05, 0) is 12.8 Å². The molecule has 1 aromatic heterocycles. The van der Waals surface area contributed by atoms with Crippen LogP contribution in [0, 0.1) is 0 Å². The zero-order chi connectivity index (χ0) is 11.7. The van der Waals surface area contributed by atoms with E-state index in [0.29, 0.717) is 18.7 Å². The standard InChI is InChI=1S/C11H19N5O/c12-6-9(10-2-1-5-17-10)15-3-4-16-8-13-14-11(16)7-15/h8-10H,1-7,12H2. The molecule has 6 heteroatoms. The summed E-state index contributed by atoms with van der Waals surface area (Å²) in [7, 11) is 0. The number of nitrogens with zero attached hydrogens (tertiary/aromatic N) is 4. The van der Waals surface area contributed by atoms with Crippen molar-refractivity contribution < 1.29 is 4.74 Å². The first-order chi connectivity index (χ1) is 8.38. The maximum Gasteiger partial charge on any atom is 0.147 e. The normalized spacial score (nSPS) is 27.0. The second kappa shape index (κ2) is 4.72. The van der Waals surface area contributed by atoms with Crippen LogP contribution in [-0.2, 0) is 17.8 Å². The van der Waals surface area contributed by atoms with E-state index in [1.807, 2.05) is 0 Å². The van der Waals surface area contributed by atoms with Gasteiger partial charge in [-0.25, -0.2) is 0 Å². The fourth-order valence-electron chi connectivity index (χ4n) is 2.81. The molecule has 1 fully saturated rings. The first-order valence-corrected chi connectivity index (χ1v) is 6.31. The Labute approximate surface area is 101 Å². The molecular formula is C11H19N5O. The van der Waals surface area contributed by atoms with Crippen molar-refractivity contribution in [3.8, 4) is 0 Å². The second-order valence-electron chi connectivity index (χ2n) is 4.77. The number of nitrogens with two attached hydrogens (primary N) is 1. The van der Waals surface area contributed by atoms with Crippen molar-refractivity contribution in [1.29, 1.82) is 0 Å². The molecule has 0 bridgehead atoms. The molecular weight excluding hydrogens is 218 g/mol. The lowest BCUT2D eigenvalue weighted by Gasteiger charge is -2.36. The zero-order valence-electron chi connectivity index (χ0n) is 9.96. The minimum Gasteiger partial charge on any atom is -0.377 e. The quantitative estimate of drug-likeness (QED) is 0.774. The molecule has 0 aliphatic carbocycles. The molecule has 94 valence electrons. The van der Waals surface area contributed by atoms with Crippen LogP contribution in [0.1, 0.15) is 18.7 Å². The minimum atomic E-state index is 0.300. The smallest absolute Gasteiger partial charge is 0.147 e. The second-order valence-corrected chi connectivity index (χ2v) is 4.77.